The van der Waals surface area contributed by atoms with Gasteiger partial charge in [0.1, 0.15) is 19.3 Å². The Labute approximate surface area is 677 Å². The van der Waals surface area contributed by atoms with Crippen LogP contribution in [0.1, 0.15) is 485 Å². The van der Waals surface area contributed by atoms with Crippen LogP contribution in [0.15, 0.2) is 0 Å². The molecular weight excluding hydrogens is 1430 g/mol. The van der Waals surface area contributed by atoms with E-state index >= 15 is 0 Å². The van der Waals surface area contributed by atoms with Crippen LogP contribution in [0, 0.1) is 17.8 Å². The van der Waals surface area contributed by atoms with Crippen LogP contribution in [0.5, 0.6) is 0 Å². The molecule has 0 radical (unpaired) electrons. The van der Waals surface area contributed by atoms with Gasteiger partial charge in [-0.1, -0.05) is 434 Å². The van der Waals surface area contributed by atoms with Crippen molar-refractivity contribution < 1.29 is 80.2 Å². The molecule has 0 fully saturated rings. The number of phosphoric acid groups is 2. The number of rotatable bonds is 89. The highest BCUT2D eigenvalue weighted by Gasteiger charge is 2.31. The van der Waals surface area contributed by atoms with E-state index in [1.165, 1.54) is 295 Å². The third-order valence-corrected chi connectivity index (χ3v) is 23.6. The third kappa shape index (κ3) is 82.6. The minimum absolute atomic E-state index is 0.107. The van der Waals surface area contributed by atoms with Crippen molar-refractivity contribution in [3.05, 3.63) is 0 Å². The highest BCUT2D eigenvalue weighted by Crippen LogP contribution is 2.45. The first-order valence-electron chi connectivity index (χ1n) is 46.9. The van der Waals surface area contributed by atoms with E-state index in [0.717, 1.165) is 108 Å². The quantitative estimate of drug-likeness (QED) is 0.0222. The van der Waals surface area contributed by atoms with Gasteiger partial charge in [0.2, 0.25) is 0 Å². The molecule has 6 atom stereocenters. The van der Waals surface area contributed by atoms with Crippen LogP contribution in [0.25, 0.3) is 0 Å². The second-order valence-corrected chi connectivity index (χ2v) is 36.8. The largest absolute Gasteiger partial charge is 0.472 e. The van der Waals surface area contributed by atoms with Gasteiger partial charge in [-0.2, -0.15) is 0 Å². The smallest absolute Gasteiger partial charge is 0.462 e. The second-order valence-electron chi connectivity index (χ2n) is 33.9. The summed E-state index contributed by atoms with van der Waals surface area (Å²) in [5, 5.41) is 10.7. The Morgan fingerprint density at radius 2 is 0.464 bits per heavy atom. The molecule has 0 aliphatic heterocycles. The molecule has 110 heavy (non-hydrogen) atoms. The van der Waals surface area contributed by atoms with Crippen LogP contribution in [0.3, 0.4) is 0 Å². The Bertz CT molecular complexity index is 2120. The van der Waals surface area contributed by atoms with Gasteiger partial charge >= 0.3 is 39.5 Å². The number of ether oxygens (including phenoxy) is 4. The number of unbranched alkanes of at least 4 members (excludes halogenated alkanes) is 56. The molecule has 3 N–H and O–H groups in total. The molecule has 0 aliphatic rings. The minimum atomic E-state index is -4.97. The first kappa shape index (κ1) is 108. The predicted octanol–water partition coefficient (Wildman–Crippen LogP) is 28.0. The van der Waals surface area contributed by atoms with Gasteiger partial charge in [-0.15, -0.1) is 0 Å². The van der Waals surface area contributed by atoms with E-state index in [0.29, 0.717) is 25.7 Å². The molecule has 0 spiro atoms. The zero-order chi connectivity index (χ0) is 80.8. The molecule has 3 unspecified atom stereocenters. The number of esters is 4. The molecule has 17 nitrogen and oxygen atoms in total. The lowest BCUT2D eigenvalue weighted by Gasteiger charge is -2.21. The Hall–Kier alpha value is -1.94. The Kier molecular flexibility index (Phi) is 79.4. The maximum Gasteiger partial charge on any atom is 0.472 e. The first-order chi connectivity index (χ1) is 53.3. The van der Waals surface area contributed by atoms with E-state index in [4.69, 9.17) is 37.0 Å². The molecule has 0 rings (SSSR count). The van der Waals surface area contributed by atoms with Crippen molar-refractivity contribution >= 4 is 39.5 Å². The van der Waals surface area contributed by atoms with Crippen molar-refractivity contribution in [3.63, 3.8) is 0 Å². The van der Waals surface area contributed by atoms with Gasteiger partial charge in [0.05, 0.1) is 26.4 Å². The SMILES string of the molecule is CCCCCCCCCCCCCCCCCCCCCCC(=O)OC[C@H](COP(=O)(O)OC[C@@H](O)COP(=O)(O)OC[C@@H](COC(=O)CCCCCCCCCCC(C)C)OC(=O)CCCCCCCCCCCCCCCCC(C)CC)OC(=O)CCCCCCCCCCCCCCCCCCCCC(C)C. The predicted molar refractivity (Wildman–Crippen MR) is 455 cm³/mol. The van der Waals surface area contributed by atoms with Gasteiger partial charge < -0.3 is 33.8 Å². The second kappa shape index (κ2) is 80.8. The fourth-order valence-electron chi connectivity index (χ4n) is 14.2. The molecule has 0 heterocycles. The molecule has 0 aromatic heterocycles. The van der Waals surface area contributed by atoms with Crippen LogP contribution in [-0.4, -0.2) is 96.7 Å². The number of carbonyl (C=O) groups excluding carboxylic acids is 4. The van der Waals surface area contributed by atoms with E-state index < -0.39 is 97.5 Å². The molecule has 0 saturated heterocycles. The Morgan fingerprint density at radius 1 is 0.264 bits per heavy atom. The summed E-state index contributed by atoms with van der Waals surface area (Å²) in [5.74, 6) is 0.293. The summed E-state index contributed by atoms with van der Waals surface area (Å²) in [7, 11) is -9.94. The van der Waals surface area contributed by atoms with Crippen LogP contribution >= 0.6 is 15.6 Å². The fraction of sp³-hybridized carbons (Fsp3) is 0.956. The fourth-order valence-corrected chi connectivity index (χ4v) is 15.8. The van der Waals surface area contributed by atoms with Crippen molar-refractivity contribution in [2.24, 2.45) is 17.8 Å². The Morgan fingerprint density at radius 3 is 0.691 bits per heavy atom. The molecule has 654 valence electrons. The average molecular weight is 1610 g/mol. The highest BCUT2D eigenvalue weighted by molar-refractivity contribution is 7.47. The van der Waals surface area contributed by atoms with Crippen molar-refractivity contribution in [2.75, 3.05) is 39.6 Å². The van der Waals surface area contributed by atoms with Gasteiger partial charge in [-0.05, 0) is 43.4 Å². The third-order valence-electron chi connectivity index (χ3n) is 21.7. The van der Waals surface area contributed by atoms with Crippen LogP contribution in [0.2, 0.25) is 0 Å². The summed E-state index contributed by atoms with van der Waals surface area (Å²) in [5.41, 5.74) is 0. The molecule has 0 aromatic carbocycles. The number of aliphatic hydroxyl groups is 1. The summed E-state index contributed by atoms with van der Waals surface area (Å²) < 4.78 is 69.1. The van der Waals surface area contributed by atoms with Gasteiger partial charge in [-0.25, -0.2) is 9.13 Å². The molecular formula is C91H178O17P2. The van der Waals surface area contributed by atoms with Crippen molar-refractivity contribution in [1.82, 2.24) is 0 Å². The zero-order valence-electron chi connectivity index (χ0n) is 72.7. The van der Waals surface area contributed by atoms with Crippen molar-refractivity contribution in [1.29, 1.82) is 0 Å². The zero-order valence-corrected chi connectivity index (χ0v) is 74.5. The Balaban J connectivity index is 5.24. The summed E-state index contributed by atoms with van der Waals surface area (Å²) in [6, 6.07) is 0. The standard InChI is InChI=1S/C91H178O17P2/c1-8-10-11-12-13-14-15-16-17-18-19-20-24-27-33-38-43-51-58-65-72-88(93)101-78-86(107-90(95)74-67-60-53-44-39-34-28-25-22-21-23-26-31-36-41-48-55-62-69-82(3)4)80-105-109(97,98)103-76-85(92)77-104-110(99,100)106-81-87(79-102-89(94)73-66-59-52-47-46-49-56-63-70-83(5)6)108-91(96)75-68-61-54-45-40-35-30-29-32-37-42-50-57-64-71-84(7)9-2/h82-87,92H,8-81H2,1-7H3,(H,97,98)(H,99,100)/t84?,85-,86-,87-/m1/s1. The lowest BCUT2D eigenvalue weighted by Crippen LogP contribution is -2.30. The molecule has 0 bridgehead atoms. The number of carbonyl (C=O) groups is 4. The molecule has 0 aromatic rings. The summed E-state index contributed by atoms with van der Waals surface area (Å²) in [4.78, 5) is 73.4. The van der Waals surface area contributed by atoms with Gasteiger partial charge in [0.25, 0.3) is 0 Å². The maximum atomic E-state index is 13.2. The first-order valence-corrected chi connectivity index (χ1v) is 49.9. The summed E-state index contributed by atoms with van der Waals surface area (Å²) >= 11 is 0. The van der Waals surface area contributed by atoms with E-state index in [-0.39, 0.29) is 25.7 Å². The van der Waals surface area contributed by atoms with E-state index in [1.807, 2.05) is 0 Å². The van der Waals surface area contributed by atoms with Crippen molar-refractivity contribution in [2.45, 2.75) is 503 Å². The van der Waals surface area contributed by atoms with Crippen molar-refractivity contribution in [3.8, 4) is 0 Å². The number of aliphatic hydroxyl groups excluding tert-OH is 1. The molecule has 0 amide bonds. The summed E-state index contributed by atoms with van der Waals surface area (Å²) in [6.07, 6.45) is 73.7. The lowest BCUT2D eigenvalue weighted by molar-refractivity contribution is -0.161. The number of hydrogen-bond donors (Lipinski definition) is 3. The normalized spacial score (nSPS) is 14.0. The average Bonchev–Trinajstić information content (AvgIpc) is 0.897. The van der Waals surface area contributed by atoms with E-state index in [2.05, 4.69) is 48.5 Å². The number of hydrogen-bond acceptors (Lipinski definition) is 15. The minimum Gasteiger partial charge on any atom is -0.462 e. The molecule has 19 heteroatoms. The topological polar surface area (TPSA) is 237 Å². The van der Waals surface area contributed by atoms with E-state index in [9.17, 15) is 43.2 Å². The van der Waals surface area contributed by atoms with Crippen LogP contribution in [-0.2, 0) is 65.4 Å². The molecule has 0 aliphatic carbocycles. The van der Waals surface area contributed by atoms with Gasteiger partial charge in [0.15, 0.2) is 12.2 Å². The van der Waals surface area contributed by atoms with Crippen LogP contribution < -0.4 is 0 Å². The maximum absolute atomic E-state index is 13.2. The van der Waals surface area contributed by atoms with E-state index in [1.54, 1.807) is 0 Å². The monoisotopic (exact) mass is 1610 g/mol. The highest BCUT2D eigenvalue weighted by atomic mass is 31.2. The van der Waals surface area contributed by atoms with Gasteiger partial charge in [-0.3, -0.25) is 37.3 Å². The number of phosphoric ester groups is 2. The summed E-state index contributed by atoms with van der Waals surface area (Å²) in [6.45, 7) is 12.1. The lowest BCUT2D eigenvalue weighted by atomic mass is 9.99. The van der Waals surface area contributed by atoms with Crippen LogP contribution in [0.4, 0.5) is 0 Å². The molecule has 0 saturated carbocycles. The van der Waals surface area contributed by atoms with Gasteiger partial charge in [0, 0.05) is 25.7 Å².